The summed E-state index contributed by atoms with van der Waals surface area (Å²) in [5, 5.41) is 2.95. The molecule has 1 saturated heterocycles. The van der Waals surface area contributed by atoms with Gasteiger partial charge in [0.05, 0.1) is 17.6 Å². The third kappa shape index (κ3) is 5.16. The minimum Gasteiger partial charge on any atom is -0.465 e. The molecular formula is C15H20F3N3O4S. The summed E-state index contributed by atoms with van der Waals surface area (Å²) in [6, 6.07) is 3.00. The van der Waals surface area contributed by atoms with Gasteiger partial charge < -0.3 is 10.1 Å². The van der Waals surface area contributed by atoms with Crippen LogP contribution in [0.25, 0.3) is 0 Å². The maximum Gasteiger partial charge on any atom is 0.405 e. The standard InChI is InChI=1S/C15H20F3N3O4S/c1-25-14(22)11-3-2-4-12(9-11)26(23,24)20-10-13(15(16,17)18)21-7-5-19-6-8-21/h2-4,9,13,19-20H,5-8,10H2,1H3. The number of alkyl halides is 3. The zero-order valence-corrected chi connectivity index (χ0v) is 14.9. The first kappa shape index (κ1) is 20.6. The average Bonchev–Trinajstić information content (AvgIpc) is 2.61. The largest absolute Gasteiger partial charge is 0.465 e. The lowest BCUT2D eigenvalue weighted by atomic mass is 10.2. The van der Waals surface area contributed by atoms with Crippen molar-refractivity contribution < 1.29 is 31.1 Å². The maximum absolute atomic E-state index is 13.3. The molecule has 26 heavy (non-hydrogen) atoms. The molecule has 0 radical (unpaired) electrons. The van der Waals surface area contributed by atoms with Gasteiger partial charge >= 0.3 is 12.1 Å². The van der Waals surface area contributed by atoms with Crippen LogP contribution < -0.4 is 10.0 Å². The van der Waals surface area contributed by atoms with E-state index in [4.69, 9.17) is 0 Å². The summed E-state index contributed by atoms with van der Waals surface area (Å²) >= 11 is 0. The van der Waals surface area contributed by atoms with Crippen molar-refractivity contribution in [3.63, 3.8) is 0 Å². The first-order valence-electron chi connectivity index (χ1n) is 7.84. The Morgan fingerprint density at radius 3 is 2.58 bits per heavy atom. The first-order valence-corrected chi connectivity index (χ1v) is 9.33. The summed E-state index contributed by atoms with van der Waals surface area (Å²) in [7, 11) is -3.08. The number of ether oxygens (including phenoxy) is 1. The van der Waals surface area contributed by atoms with Crippen LogP contribution in [0.15, 0.2) is 29.2 Å². The van der Waals surface area contributed by atoms with Crippen molar-refractivity contribution in [2.45, 2.75) is 17.1 Å². The Kier molecular flexibility index (Phi) is 6.61. The van der Waals surface area contributed by atoms with Gasteiger partial charge in [-0.2, -0.15) is 13.2 Å². The lowest BCUT2D eigenvalue weighted by Crippen LogP contribution is -2.57. The van der Waals surface area contributed by atoms with Crippen molar-refractivity contribution in [3.05, 3.63) is 29.8 Å². The van der Waals surface area contributed by atoms with Crippen LogP contribution in [0.5, 0.6) is 0 Å². The Bertz CT molecular complexity index is 734. The fraction of sp³-hybridized carbons (Fsp3) is 0.533. The second kappa shape index (κ2) is 8.33. The van der Waals surface area contributed by atoms with Crippen molar-refractivity contribution in [1.82, 2.24) is 14.9 Å². The Balaban J connectivity index is 2.15. The first-order chi connectivity index (χ1) is 12.1. The van der Waals surface area contributed by atoms with Crippen LogP contribution in [-0.4, -0.2) is 71.3 Å². The van der Waals surface area contributed by atoms with Gasteiger partial charge in [0.25, 0.3) is 0 Å². The van der Waals surface area contributed by atoms with E-state index in [-0.39, 0.29) is 23.5 Å². The number of nitrogens with zero attached hydrogens (tertiary/aromatic N) is 1. The van der Waals surface area contributed by atoms with Crippen LogP contribution in [0.1, 0.15) is 10.4 Å². The molecule has 1 heterocycles. The van der Waals surface area contributed by atoms with Crippen LogP contribution in [0.2, 0.25) is 0 Å². The smallest absolute Gasteiger partial charge is 0.405 e. The summed E-state index contributed by atoms with van der Waals surface area (Å²) in [5.74, 6) is -0.740. The van der Waals surface area contributed by atoms with Crippen LogP contribution in [0.4, 0.5) is 13.2 Å². The van der Waals surface area contributed by atoms with E-state index in [1.54, 1.807) is 0 Å². The number of esters is 1. The third-order valence-electron chi connectivity index (χ3n) is 4.00. The van der Waals surface area contributed by atoms with Crippen molar-refractivity contribution in [3.8, 4) is 0 Å². The highest BCUT2D eigenvalue weighted by Gasteiger charge is 2.44. The second-order valence-corrected chi connectivity index (χ2v) is 7.48. The van der Waals surface area contributed by atoms with Crippen molar-refractivity contribution >= 4 is 16.0 Å². The third-order valence-corrected chi connectivity index (χ3v) is 5.42. The highest BCUT2D eigenvalue weighted by molar-refractivity contribution is 7.89. The molecule has 0 amide bonds. The molecule has 2 N–H and O–H groups in total. The van der Waals surface area contributed by atoms with E-state index in [9.17, 15) is 26.4 Å². The maximum atomic E-state index is 13.3. The highest BCUT2D eigenvalue weighted by Crippen LogP contribution is 2.25. The molecule has 1 aliphatic heterocycles. The van der Waals surface area contributed by atoms with E-state index in [0.717, 1.165) is 13.2 Å². The summed E-state index contributed by atoms with van der Waals surface area (Å²) in [6.07, 6.45) is -4.58. The zero-order valence-electron chi connectivity index (χ0n) is 14.0. The molecule has 11 heteroatoms. The van der Waals surface area contributed by atoms with E-state index in [1.165, 1.54) is 23.1 Å². The molecule has 146 valence electrons. The number of nitrogens with one attached hydrogen (secondary N) is 2. The molecule has 0 aliphatic carbocycles. The van der Waals surface area contributed by atoms with Crippen LogP contribution >= 0.6 is 0 Å². The normalized spacial score (nSPS) is 17.7. The van der Waals surface area contributed by atoms with Gasteiger partial charge in [-0.3, -0.25) is 4.90 Å². The summed E-state index contributed by atoms with van der Waals surface area (Å²) in [4.78, 5) is 12.4. The van der Waals surface area contributed by atoms with Gasteiger partial charge in [-0.1, -0.05) is 6.07 Å². The molecule has 0 spiro atoms. The minimum absolute atomic E-state index is 0.00940. The lowest BCUT2D eigenvalue weighted by molar-refractivity contribution is -0.182. The quantitative estimate of drug-likeness (QED) is 0.686. The van der Waals surface area contributed by atoms with Gasteiger partial charge in [-0.25, -0.2) is 17.9 Å². The second-order valence-electron chi connectivity index (χ2n) is 5.71. The monoisotopic (exact) mass is 395 g/mol. The molecule has 1 atom stereocenters. The van der Waals surface area contributed by atoms with Crippen molar-refractivity contribution in [2.75, 3.05) is 39.8 Å². The highest BCUT2D eigenvalue weighted by atomic mass is 32.2. The van der Waals surface area contributed by atoms with Gasteiger partial charge in [-0.15, -0.1) is 0 Å². The number of halogens is 3. The number of hydrogen-bond acceptors (Lipinski definition) is 6. The molecular weight excluding hydrogens is 375 g/mol. The topological polar surface area (TPSA) is 87.7 Å². The molecule has 0 aromatic heterocycles. The van der Waals surface area contributed by atoms with Crippen LogP contribution in [0.3, 0.4) is 0 Å². The Labute approximate surface area is 149 Å². The molecule has 7 nitrogen and oxygen atoms in total. The van der Waals surface area contributed by atoms with Gasteiger partial charge in [0.1, 0.15) is 6.04 Å². The average molecular weight is 395 g/mol. The molecule has 1 aromatic carbocycles. The van der Waals surface area contributed by atoms with Gasteiger partial charge in [0.15, 0.2) is 0 Å². The lowest BCUT2D eigenvalue weighted by Gasteiger charge is -2.35. The summed E-state index contributed by atoms with van der Waals surface area (Å²) < 4.78 is 71.2. The Hall–Kier alpha value is -1.69. The van der Waals surface area contributed by atoms with Gasteiger partial charge in [0.2, 0.25) is 10.0 Å². The molecule has 1 fully saturated rings. The van der Waals surface area contributed by atoms with E-state index in [1.807, 2.05) is 4.72 Å². The van der Waals surface area contributed by atoms with E-state index in [0.29, 0.717) is 13.1 Å². The van der Waals surface area contributed by atoms with Crippen molar-refractivity contribution in [1.29, 1.82) is 0 Å². The molecule has 1 aliphatic rings. The molecule has 1 unspecified atom stereocenters. The van der Waals surface area contributed by atoms with E-state index >= 15 is 0 Å². The predicted octanol–water partition coefficient (Wildman–Crippen LogP) is 0.588. The fourth-order valence-electron chi connectivity index (χ4n) is 2.63. The molecule has 2 rings (SSSR count). The van der Waals surface area contributed by atoms with Crippen LogP contribution in [0, 0.1) is 0 Å². The summed E-state index contributed by atoms with van der Waals surface area (Å²) in [6.45, 7) is 0.336. The van der Waals surface area contributed by atoms with E-state index in [2.05, 4.69) is 10.1 Å². The number of carbonyl (C=O) groups is 1. The van der Waals surface area contributed by atoms with E-state index < -0.39 is 34.8 Å². The zero-order chi connectivity index (χ0) is 19.4. The number of rotatable bonds is 6. The summed E-state index contributed by atoms with van der Waals surface area (Å²) in [5.41, 5.74) is -0.00940. The SMILES string of the molecule is COC(=O)c1cccc(S(=O)(=O)NCC(N2CCNCC2)C(F)(F)F)c1. The molecule has 0 saturated carbocycles. The predicted molar refractivity (Wildman–Crippen MR) is 87.3 cm³/mol. The number of methoxy groups -OCH3 is 1. The van der Waals surface area contributed by atoms with Crippen molar-refractivity contribution in [2.24, 2.45) is 0 Å². The number of sulfonamides is 1. The number of benzene rings is 1. The number of hydrogen-bond donors (Lipinski definition) is 2. The minimum atomic E-state index is -4.58. The van der Waals surface area contributed by atoms with Crippen LogP contribution in [-0.2, 0) is 14.8 Å². The fourth-order valence-corrected chi connectivity index (χ4v) is 3.71. The van der Waals surface area contributed by atoms with Gasteiger partial charge in [0, 0.05) is 32.7 Å². The van der Waals surface area contributed by atoms with Gasteiger partial charge in [-0.05, 0) is 18.2 Å². The number of carbonyl (C=O) groups excluding carboxylic acids is 1. The Morgan fingerprint density at radius 2 is 2.00 bits per heavy atom. The molecule has 1 aromatic rings. The Morgan fingerprint density at radius 1 is 1.35 bits per heavy atom. The molecule has 0 bridgehead atoms. The number of piperazine rings is 1.